The molecule has 2 rings (SSSR count). The van der Waals surface area contributed by atoms with Gasteiger partial charge in [-0.2, -0.15) is 11.8 Å². The van der Waals surface area contributed by atoms with Crippen LogP contribution >= 0.6 is 11.8 Å². The summed E-state index contributed by atoms with van der Waals surface area (Å²) in [5.41, 5.74) is 0. The summed E-state index contributed by atoms with van der Waals surface area (Å²) in [6.45, 7) is 2.26. The lowest BCUT2D eigenvalue weighted by molar-refractivity contribution is -0.122. The topological polar surface area (TPSA) is 41.1 Å². The van der Waals surface area contributed by atoms with Crippen LogP contribution in [-0.4, -0.2) is 36.5 Å². The van der Waals surface area contributed by atoms with Crippen molar-refractivity contribution in [3.63, 3.8) is 0 Å². The maximum absolute atomic E-state index is 12.1. The second-order valence-corrected chi connectivity index (χ2v) is 7.04. The lowest BCUT2D eigenvalue weighted by atomic mass is 9.92. The van der Waals surface area contributed by atoms with Crippen LogP contribution in [0.15, 0.2) is 0 Å². The van der Waals surface area contributed by atoms with E-state index in [2.05, 4.69) is 16.9 Å². The van der Waals surface area contributed by atoms with Gasteiger partial charge < -0.3 is 10.6 Å². The van der Waals surface area contributed by atoms with Crippen molar-refractivity contribution in [2.45, 2.75) is 62.7 Å². The molecule has 0 aromatic carbocycles. The van der Waals surface area contributed by atoms with E-state index >= 15 is 0 Å². The fraction of sp³-hybridized carbons (Fsp3) is 0.933. The van der Waals surface area contributed by atoms with Gasteiger partial charge in [0.1, 0.15) is 0 Å². The molecule has 0 aromatic rings. The molecule has 0 aromatic heterocycles. The Hall–Kier alpha value is -0.220. The van der Waals surface area contributed by atoms with Gasteiger partial charge in [-0.1, -0.05) is 12.8 Å². The van der Waals surface area contributed by atoms with Crippen molar-refractivity contribution >= 4 is 17.7 Å². The van der Waals surface area contributed by atoms with Crippen molar-refractivity contribution in [1.29, 1.82) is 0 Å². The van der Waals surface area contributed by atoms with Gasteiger partial charge in [-0.25, -0.2) is 0 Å². The number of amides is 1. The molecule has 3 nitrogen and oxygen atoms in total. The van der Waals surface area contributed by atoms with E-state index in [4.69, 9.17) is 0 Å². The predicted octanol–water partition coefficient (Wildman–Crippen LogP) is 2.56. The predicted molar refractivity (Wildman–Crippen MR) is 82.5 cm³/mol. The molecule has 2 fully saturated rings. The summed E-state index contributed by atoms with van der Waals surface area (Å²) in [4.78, 5) is 12.1. The van der Waals surface area contributed by atoms with Gasteiger partial charge in [0.15, 0.2) is 0 Å². The molecule has 2 unspecified atom stereocenters. The Labute approximate surface area is 121 Å². The Morgan fingerprint density at radius 3 is 2.68 bits per heavy atom. The zero-order chi connectivity index (χ0) is 13.5. The summed E-state index contributed by atoms with van der Waals surface area (Å²) in [6.07, 6.45) is 11.5. The van der Waals surface area contributed by atoms with Gasteiger partial charge in [0.05, 0.1) is 0 Å². The third kappa shape index (κ3) is 4.99. The molecule has 2 N–H and O–H groups in total. The van der Waals surface area contributed by atoms with Gasteiger partial charge in [-0.15, -0.1) is 0 Å². The average Bonchev–Trinajstić information content (AvgIpc) is 2.47. The zero-order valence-corrected chi connectivity index (χ0v) is 12.9. The van der Waals surface area contributed by atoms with Crippen LogP contribution in [0.1, 0.15) is 51.4 Å². The fourth-order valence-electron chi connectivity index (χ4n) is 3.33. The molecule has 4 heteroatoms. The van der Waals surface area contributed by atoms with Crippen LogP contribution in [0.5, 0.6) is 0 Å². The Balaban J connectivity index is 1.67. The summed E-state index contributed by atoms with van der Waals surface area (Å²) in [5.74, 6) is 1.04. The lowest BCUT2D eigenvalue weighted by Crippen LogP contribution is -2.43. The normalized spacial score (nSPS) is 29.1. The number of nitrogens with one attached hydrogen (secondary N) is 2. The summed E-state index contributed by atoms with van der Waals surface area (Å²) in [7, 11) is 0. The van der Waals surface area contributed by atoms with Crippen LogP contribution in [0.4, 0.5) is 0 Å². The van der Waals surface area contributed by atoms with Crippen LogP contribution in [0, 0.1) is 5.92 Å². The van der Waals surface area contributed by atoms with E-state index in [1.54, 1.807) is 0 Å². The van der Waals surface area contributed by atoms with Crippen molar-refractivity contribution < 1.29 is 4.79 Å². The molecule has 0 radical (unpaired) electrons. The highest BCUT2D eigenvalue weighted by atomic mass is 32.2. The Morgan fingerprint density at radius 1 is 1.21 bits per heavy atom. The summed E-state index contributed by atoms with van der Waals surface area (Å²) >= 11 is 1.92. The number of piperidine rings is 1. The third-order valence-electron chi connectivity index (χ3n) is 4.59. The molecule has 1 amide bonds. The van der Waals surface area contributed by atoms with Crippen LogP contribution in [0.2, 0.25) is 0 Å². The van der Waals surface area contributed by atoms with E-state index in [-0.39, 0.29) is 5.91 Å². The number of thioether (sulfide) groups is 1. The zero-order valence-electron chi connectivity index (χ0n) is 12.1. The smallest absolute Gasteiger partial charge is 0.220 e. The lowest BCUT2D eigenvalue weighted by Gasteiger charge is -2.31. The van der Waals surface area contributed by atoms with Crippen LogP contribution < -0.4 is 10.6 Å². The Kier molecular flexibility index (Phi) is 6.51. The molecule has 0 spiro atoms. The monoisotopic (exact) mass is 284 g/mol. The maximum Gasteiger partial charge on any atom is 0.220 e. The molecule has 1 saturated heterocycles. The number of carbonyl (C=O) groups excluding carboxylic acids is 1. The molecule has 1 aliphatic carbocycles. The summed E-state index contributed by atoms with van der Waals surface area (Å²) in [5, 5.41) is 7.30. The third-order valence-corrected chi connectivity index (χ3v) is 5.76. The Morgan fingerprint density at radius 2 is 1.95 bits per heavy atom. The highest BCUT2D eigenvalue weighted by Crippen LogP contribution is 2.27. The van der Waals surface area contributed by atoms with Crippen LogP contribution in [0.3, 0.4) is 0 Å². The van der Waals surface area contributed by atoms with Crippen LogP contribution in [-0.2, 0) is 4.79 Å². The van der Waals surface area contributed by atoms with E-state index in [1.165, 1.54) is 38.5 Å². The van der Waals surface area contributed by atoms with Gasteiger partial charge in [0.25, 0.3) is 0 Å². The SMILES string of the molecule is CSC1CCCCC1NC(=O)CCC1CCNCC1. The van der Waals surface area contributed by atoms with Crippen molar-refractivity contribution in [3.8, 4) is 0 Å². The van der Waals surface area contributed by atoms with Gasteiger partial charge in [0, 0.05) is 17.7 Å². The van der Waals surface area contributed by atoms with Crippen LogP contribution in [0.25, 0.3) is 0 Å². The van der Waals surface area contributed by atoms with Gasteiger partial charge in [0.2, 0.25) is 5.91 Å². The van der Waals surface area contributed by atoms with E-state index < -0.39 is 0 Å². The average molecular weight is 284 g/mol. The number of hydrogen-bond donors (Lipinski definition) is 2. The quantitative estimate of drug-likeness (QED) is 0.815. The van der Waals surface area contributed by atoms with E-state index in [0.717, 1.165) is 31.8 Å². The number of rotatable bonds is 5. The van der Waals surface area contributed by atoms with E-state index in [0.29, 0.717) is 11.3 Å². The first kappa shape index (κ1) is 15.2. The largest absolute Gasteiger partial charge is 0.352 e. The van der Waals surface area contributed by atoms with Gasteiger partial charge in [-0.05, 0) is 57.4 Å². The second-order valence-electron chi connectivity index (χ2n) is 5.96. The molecule has 110 valence electrons. The van der Waals surface area contributed by atoms with Gasteiger partial charge in [-0.3, -0.25) is 4.79 Å². The van der Waals surface area contributed by atoms with E-state index in [1.807, 2.05) is 11.8 Å². The molecule has 0 bridgehead atoms. The van der Waals surface area contributed by atoms with Crippen molar-refractivity contribution in [2.24, 2.45) is 5.92 Å². The minimum Gasteiger partial charge on any atom is -0.352 e. The molecule has 2 aliphatic rings. The molecule has 19 heavy (non-hydrogen) atoms. The number of hydrogen-bond acceptors (Lipinski definition) is 3. The molecule has 1 aliphatic heterocycles. The first-order chi connectivity index (χ1) is 9.29. The minimum absolute atomic E-state index is 0.282. The molecule has 2 atom stereocenters. The van der Waals surface area contributed by atoms with Crippen molar-refractivity contribution in [3.05, 3.63) is 0 Å². The molecular formula is C15H28N2OS. The van der Waals surface area contributed by atoms with Gasteiger partial charge >= 0.3 is 0 Å². The minimum atomic E-state index is 0.282. The highest BCUT2D eigenvalue weighted by Gasteiger charge is 2.25. The standard InChI is InChI=1S/C15H28N2OS/c1-19-14-5-3-2-4-13(14)17-15(18)7-6-12-8-10-16-11-9-12/h12-14,16H,2-11H2,1H3,(H,17,18). The van der Waals surface area contributed by atoms with Crippen molar-refractivity contribution in [1.82, 2.24) is 10.6 Å². The molecular weight excluding hydrogens is 256 g/mol. The fourth-order valence-corrected chi connectivity index (χ4v) is 4.26. The highest BCUT2D eigenvalue weighted by molar-refractivity contribution is 7.99. The van der Waals surface area contributed by atoms with Crippen molar-refractivity contribution in [2.75, 3.05) is 19.3 Å². The first-order valence-corrected chi connectivity index (χ1v) is 9.11. The Bertz CT molecular complexity index is 279. The number of carbonyl (C=O) groups is 1. The summed E-state index contributed by atoms with van der Waals surface area (Å²) in [6, 6.07) is 0.421. The molecule has 1 saturated carbocycles. The second kappa shape index (κ2) is 8.15. The molecule has 1 heterocycles. The van der Waals surface area contributed by atoms with E-state index in [9.17, 15) is 4.79 Å². The first-order valence-electron chi connectivity index (χ1n) is 7.82. The maximum atomic E-state index is 12.1. The summed E-state index contributed by atoms with van der Waals surface area (Å²) < 4.78 is 0.